The van der Waals surface area contributed by atoms with Gasteiger partial charge in [0.25, 0.3) is 0 Å². The number of rotatable bonds is 4. The summed E-state index contributed by atoms with van der Waals surface area (Å²) in [5.74, 6) is 0. The normalized spacial score (nSPS) is 43.3. The Morgan fingerprint density at radius 1 is 1.00 bits per heavy atom. The molecule has 3 unspecified atom stereocenters. The summed E-state index contributed by atoms with van der Waals surface area (Å²) in [6, 6.07) is 4.35. The summed E-state index contributed by atoms with van der Waals surface area (Å²) in [6.07, 6.45) is 10.0. The van der Waals surface area contributed by atoms with Crippen LogP contribution >= 0.6 is 0 Å². The van der Waals surface area contributed by atoms with Crippen LogP contribution in [0, 0.1) is 0 Å². The van der Waals surface area contributed by atoms with Crippen LogP contribution in [0.2, 0.25) is 0 Å². The summed E-state index contributed by atoms with van der Waals surface area (Å²) in [5, 5.41) is 3.79. The van der Waals surface area contributed by atoms with Gasteiger partial charge in [0.15, 0.2) is 0 Å². The molecule has 0 radical (unpaired) electrons. The fourth-order valence-electron chi connectivity index (χ4n) is 4.92. The first-order valence-corrected chi connectivity index (χ1v) is 8.59. The molecule has 0 aromatic rings. The number of piperidine rings is 1. The van der Waals surface area contributed by atoms with Crippen molar-refractivity contribution in [3.8, 4) is 0 Å². The fraction of sp³-hybridized carbons (Fsp3) is 1.00. The van der Waals surface area contributed by atoms with Crippen molar-refractivity contribution < 1.29 is 0 Å². The summed E-state index contributed by atoms with van der Waals surface area (Å²) in [7, 11) is 0. The number of fused-ring (bicyclic) bond motifs is 2. The molecule has 1 N–H and O–H groups in total. The molecular formula is C16H29N3. The maximum atomic E-state index is 3.79. The zero-order valence-corrected chi connectivity index (χ0v) is 12.4. The minimum absolute atomic E-state index is 0.832. The molecule has 4 fully saturated rings. The van der Waals surface area contributed by atoms with E-state index in [4.69, 9.17) is 0 Å². The third kappa shape index (κ3) is 2.45. The molecule has 3 saturated heterocycles. The fourth-order valence-corrected chi connectivity index (χ4v) is 4.92. The lowest BCUT2D eigenvalue weighted by Gasteiger charge is -2.40. The van der Waals surface area contributed by atoms with Crippen LogP contribution in [0.15, 0.2) is 0 Å². The number of likely N-dealkylation sites (tertiary alicyclic amines) is 1. The van der Waals surface area contributed by atoms with E-state index in [9.17, 15) is 0 Å². The van der Waals surface area contributed by atoms with Gasteiger partial charge in [-0.15, -0.1) is 0 Å². The molecule has 0 aromatic carbocycles. The number of hydrogen-bond acceptors (Lipinski definition) is 3. The van der Waals surface area contributed by atoms with Crippen molar-refractivity contribution in [3.63, 3.8) is 0 Å². The highest BCUT2D eigenvalue weighted by Crippen LogP contribution is 2.34. The predicted octanol–water partition coefficient (Wildman–Crippen LogP) is 1.83. The average Bonchev–Trinajstić information content (AvgIpc) is 3.07. The van der Waals surface area contributed by atoms with E-state index < -0.39 is 0 Å². The van der Waals surface area contributed by atoms with Crippen molar-refractivity contribution in [2.45, 2.75) is 82.1 Å². The lowest BCUT2D eigenvalue weighted by atomic mass is 9.96. The molecule has 3 nitrogen and oxygen atoms in total. The van der Waals surface area contributed by atoms with E-state index in [2.05, 4.69) is 22.0 Å². The molecule has 108 valence electrons. The van der Waals surface area contributed by atoms with Gasteiger partial charge in [-0.05, 0) is 51.5 Å². The van der Waals surface area contributed by atoms with Crippen molar-refractivity contribution in [2.24, 2.45) is 0 Å². The Hall–Kier alpha value is -0.120. The SMILES string of the molecule is CCN(C1CC2CCC(C1)N2)C1CCN(C2CC2)C1. The van der Waals surface area contributed by atoms with Gasteiger partial charge >= 0.3 is 0 Å². The van der Waals surface area contributed by atoms with Crippen molar-refractivity contribution in [1.29, 1.82) is 0 Å². The van der Waals surface area contributed by atoms with Crippen molar-refractivity contribution >= 4 is 0 Å². The molecule has 0 spiro atoms. The summed E-state index contributed by atoms with van der Waals surface area (Å²) in [4.78, 5) is 5.64. The van der Waals surface area contributed by atoms with E-state index in [-0.39, 0.29) is 0 Å². The summed E-state index contributed by atoms with van der Waals surface area (Å²) >= 11 is 0. The second kappa shape index (κ2) is 5.01. The van der Waals surface area contributed by atoms with Gasteiger partial charge in [-0.1, -0.05) is 6.92 Å². The topological polar surface area (TPSA) is 18.5 Å². The zero-order chi connectivity index (χ0) is 12.8. The van der Waals surface area contributed by atoms with Crippen molar-refractivity contribution in [3.05, 3.63) is 0 Å². The standard InChI is InChI=1S/C16H29N3/c1-2-19(15-7-8-18(11-15)14-5-6-14)16-9-12-3-4-13(10-16)17-12/h12-17H,2-11H2,1H3. The molecule has 0 amide bonds. The highest BCUT2D eigenvalue weighted by Gasteiger charge is 2.41. The number of hydrogen-bond donors (Lipinski definition) is 1. The largest absolute Gasteiger partial charge is 0.311 e. The molecule has 3 heteroatoms. The summed E-state index contributed by atoms with van der Waals surface area (Å²) < 4.78 is 0. The molecule has 3 heterocycles. The molecule has 4 rings (SSSR count). The molecular weight excluding hydrogens is 234 g/mol. The molecule has 1 aliphatic carbocycles. The molecule has 4 aliphatic rings. The quantitative estimate of drug-likeness (QED) is 0.835. The molecule has 0 aromatic heterocycles. The van der Waals surface area contributed by atoms with E-state index in [0.29, 0.717) is 0 Å². The van der Waals surface area contributed by atoms with E-state index >= 15 is 0 Å². The van der Waals surface area contributed by atoms with Gasteiger partial charge in [-0.25, -0.2) is 0 Å². The Balaban J connectivity index is 1.40. The van der Waals surface area contributed by atoms with Crippen LogP contribution in [-0.4, -0.2) is 59.6 Å². The van der Waals surface area contributed by atoms with Gasteiger partial charge in [0.1, 0.15) is 0 Å². The van der Waals surface area contributed by atoms with Gasteiger partial charge < -0.3 is 5.32 Å². The maximum Gasteiger partial charge on any atom is 0.0238 e. The Morgan fingerprint density at radius 2 is 1.74 bits per heavy atom. The van der Waals surface area contributed by atoms with E-state index in [1.165, 1.54) is 64.6 Å². The first-order valence-electron chi connectivity index (χ1n) is 8.59. The van der Waals surface area contributed by atoms with Gasteiger partial charge in [0.2, 0.25) is 0 Å². The van der Waals surface area contributed by atoms with Gasteiger partial charge in [0.05, 0.1) is 0 Å². The van der Waals surface area contributed by atoms with Gasteiger partial charge in [-0.3, -0.25) is 9.80 Å². The molecule has 3 atom stereocenters. The van der Waals surface area contributed by atoms with E-state index in [1.54, 1.807) is 0 Å². The van der Waals surface area contributed by atoms with Crippen LogP contribution in [0.5, 0.6) is 0 Å². The molecule has 3 aliphatic heterocycles. The highest BCUT2D eigenvalue weighted by atomic mass is 15.3. The Kier molecular flexibility index (Phi) is 3.33. The van der Waals surface area contributed by atoms with Crippen molar-refractivity contribution in [1.82, 2.24) is 15.1 Å². The molecule has 2 bridgehead atoms. The lowest BCUT2D eigenvalue weighted by molar-refractivity contribution is 0.101. The monoisotopic (exact) mass is 263 g/mol. The van der Waals surface area contributed by atoms with Crippen LogP contribution in [0.1, 0.15) is 51.9 Å². The summed E-state index contributed by atoms with van der Waals surface area (Å²) in [6.45, 7) is 6.36. The number of likely N-dealkylation sites (N-methyl/N-ethyl adjacent to an activating group) is 1. The smallest absolute Gasteiger partial charge is 0.0238 e. The average molecular weight is 263 g/mol. The van der Waals surface area contributed by atoms with Crippen LogP contribution in [0.4, 0.5) is 0 Å². The number of nitrogens with zero attached hydrogens (tertiary/aromatic N) is 2. The van der Waals surface area contributed by atoms with Crippen molar-refractivity contribution in [2.75, 3.05) is 19.6 Å². The number of nitrogens with one attached hydrogen (secondary N) is 1. The third-order valence-electron chi connectivity index (χ3n) is 6.01. The van der Waals surface area contributed by atoms with Crippen LogP contribution in [0.3, 0.4) is 0 Å². The Morgan fingerprint density at radius 3 is 2.37 bits per heavy atom. The second-order valence-electron chi connectivity index (χ2n) is 7.26. The Labute approximate surface area is 117 Å². The molecule has 1 saturated carbocycles. The van der Waals surface area contributed by atoms with E-state index in [1.807, 2.05) is 0 Å². The van der Waals surface area contributed by atoms with Gasteiger partial charge in [-0.2, -0.15) is 0 Å². The molecule has 19 heavy (non-hydrogen) atoms. The third-order valence-corrected chi connectivity index (χ3v) is 6.01. The van der Waals surface area contributed by atoms with Gasteiger partial charge in [0, 0.05) is 43.3 Å². The van der Waals surface area contributed by atoms with Crippen LogP contribution in [0.25, 0.3) is 0 Å². The highest BCUT2D eigenvalue weighted by molar-refractivity contribution is 4.99. The predicted molar refractivity (Wildman–Crippen MR) is 78.3 cm³/mol. The first-order chi connectivity index (χ1) is 9.33. The van der Waals surface area contributed by atoms with Crippen LogP contribution < -0.4 is 5.32 Å². The minimum Gasteiger partial charge on any atom is -0.311 e. The Bertz CT molecular complexity index is 316. The van der Waals surface area contributed by atoms with E-state index in [0.717, 1.165) is 30.2 Å². The minimum atomic E-state index is 0.832. The lowest BCUT2D eigenvalue weighted by Crippen LogP contribution is -2.52. The summed E-state index contributed by atoms with van der Waals surface area (Å²) in [5.41, 5.74) is 0. The first kappa shape index (κ1) is 12.6. The van der Waals surface area contributed by atoms with Crippen LogP contribution in [-0.2, 0) is 0 Å². The maximum absolute atomic E-state index is 3.79. The second-order valence-corrected chi connectivity index (χ2v) is 7.26. The zero-order valence-electron chi connectivity index (χ0n) is 12.4.